The average Bonchev–Trinajstić information content (AvgIpc) is 2.40. The second-order valence-electron chi connectivity index (χ2n) is 3.99. The van der Waals surface area contributed by atoms with E-state index >= 15 is 0 Å². The van der Waals surface area contributed by atoms with Gasteiger partial charge in [-0.3, -0.25) is 0 Å². The van der Waals surface area contributed by atoms with Crippen molar-refractivity contribution in [3.8, 4) is 11.5 Å². The van der Waals surface area contributed by atoms with Crippen molar-refractivity contribution < 1.29 is 17.9 Å². The molecule has 6 heteroatoms. The third kappa shape index (κ3) is 3.58. The number of alkyl halides is 4. The zero-order valence-corrected chi connectivity index (χ0v) is 13.0. The Kier molecular flexibility index (Phi) is 4.80. The predicted octanol–water partition coefficient (Wildman–Crippen LogP) is 5.84. The Morgan fingerprint density at radius 1 is 1.05 bits per heavy atom. The maximum atomic E-state index is 13.0. The first-order valence-corrected chi connectivity index (χ1v) is 7.21. The van der Waals surface area contributed by atoms with E-state index < -0.39 is 11.7 Å². The van der Waals surface area contributed by atoms with Crippen LogP contribution in [-0.2, 0) is 12.1 Å². The summed E-state index contributed by atoms with van der Waals surface area (Å²) in [5.74, 6) is 0.180. The summed E-state index contributed by atoms with van der Waals surface area (Å²) in [4.78, 5) is 0. The largest absolute Gasteiger partial charge is 0.456 e. The van der Waals surface area contributed by atoms with Gasteiger partial charge in [-0.2, -0.15) is 13.2 Å². The van der Waals surface area contributed by atoms with Crippen molar-refractivity contribution in [2.75, 3.05) is 0 Å². The zero-order chi connectivity index (χ0) is 14.8. The van der Waals surface area contributed by atoms with Crippen molar-refractivity contribution in [2.24, 2.45) is 0 Å². The van der Waals surface area contributed by atoms with Gasteiger partial charge in [-0.05, 0) is 52.4 Å². The highest BCUT2D eigenvalue weighted by molar-refractivity contribution is 14.1. The Labute approximate surface area is 132 Å². The van der Waals surface area contributed by atoms with Crippen LogP contribution < -0.4 is 4.74 Å². The maximum Gasteiger partial charge on any atom is 0.419 e. The molecule has 0 bridgehead atoms. The summed E-state index contributed by atoms with van der Waals surface area (Å²) in [7, 11) is 0. The van der Waals surface area contributed by atoms with Gasteiger partial charge in [-0.1, -0.05) is 18.2 Å². The minimum absolute atomic E-state index is 0.0201. The summed E-state index contributed by atoms with van der Waals surface area (Å²) in [5.41, 5.74) is -0.426. The molecule has 1 nitrogen and oxygen atoms in total. The van der Waals surface area contributed by atoms with Gasteiger partial charge in [0.05, 0.1) is 9.13 Å². The minimum Gasteiger partial charge on any atom is -0.456 e. The second-order valence-corrected chi connectivity index (χ2v) is 5.42. The summed E-state index contributed by atoms with van der Waals surface area (Å²) < 4.78 is 45.3. The van der Waals surface area contributed by atoms with Gasteiger partial charge in [-0.25, -0.2) is 0 Å². The lowest BCUT2D eigenvalue weighted by Crippen LogP contribution is -2.08. The molecule has 0 saturated carbocycles. The van der Waals surface area contributed by atoms with Crippen LogP contribution >= 0.6 is 34.2 Å². The third-order valence-corrected chi connectivity index (χ3v) is 3.76. The number of para-hydroxylation sites is 1. The van der Waals surface area contributed by atoms with Crippen LogP contribution in [-0.4, -0.2) is 0 Å². The van der Waals surface area contributed by atoms with Gasteiger partial charge in [0.15, 0.2) is 0 Å². The highest BCUT2D eigenvalue weighted by atomic mass is 127. The molecule has 0 saturated heterocycles. The second kappa shape index (κ2) is 6.22. The predicted molar refractivity (Wildman–Crippen MR) is 80.2 cm³/mol. The van der Waals surface area contributed by atoms with E-state index in [4.69, 9.17) is 16.3 Å². The molecule has 20 heavy (non-hydrogen) atoms. The topological polar surface area (TPSA) is 9.23 Å². The summed E-state index contributed by atoms with van der Waals surface area (Å²) in [6.07, 6.45) is -4.49. The minimum atomic E-state index is -4.49. The van der Waals surface area contributed by atoms with E-state index in [0.717, 1.165) is 9.64 Å². The van der Waals surface area contributed by atoms with E-state index in [0.29, 0.717) is 11.3 Å². The first kappa shape index (κ1) is 15.4. The molecular formula is C14H9ClF3IO. The van der Waals surface area contributed by atoms with Gasteiger partial charge in [-0.15, -0.1) is 11.6 Å². The van der Waals surface area contributed by atoms with Crippen LogP contribution in [0.5, 0.6) is 11.5 Å². The summed E-state index contributed by atoms with van der Waals surface area (Å²) in [6.45, 7) is 0. The Morgan fingerprint density at radius 3 is 2.35 bits per heavy atom. The lowest BCUT2D eigenvalue weighted by atomic mass is 10.1. The molecule has 0 fully saturated rings. The van der Waals surface area contributed by atoms with Crippen LogP contribution in [0.2, 0.25) is 0 Å². The molecule has 0 aromatic heterocycles. The molecule has 0 heterocycles. The third-order valence-electron chi connectivity index (χ3n) is 2.56. The Morgan fingerprint density at radius 2 is 1.75 bits per heavy atom. The van der Waals surface area contributed by atoms with E-state index in [1.54, 1.807) is 24.3 Å². The molecule has 106 valence electrons. The van der Waals surface area contributed by atoms with Gasteiger partial charge in [0.1, 0.15) is 11.5 Å². The zero-order valence-electron chi connectivity index (χ0n) is 10.0. The quantitative estimate of drug-likeness (QED) is 0.454. The number of hydrogen-bond donors (Lipinski definition) is 0. The fourth-order valence-corrected chi connectivity index (χ4v) is 2.28. The van der Waals surface area contributed by atoms with Crippen LogP contribution in [0.4, 0.5) is 13.2 Å². The Balaban J connectivity index is 2.44. The Bertz CT molecular complexity index is 614. The van der Waals surface area contributed by atoms with Crippen LogP contribution in [0.3, 0.4) is 0 Å². The molecular weight excluding hydrogens is 404 g/mol. The van der Waals surface area contributed by atoms with E-state index in [1.807, 2.05) is 22.6 Å². The van der Waals surface area contributed by atoms with Crippen molar-refractivity contribution in [3.63, 3.8) is 0 Å². The van der Waals surface area contributed by atoms with Crippen molar-refractivity contribution >= 4 is 34.2 Å². The van der Waals surface area contributed by atoms with E-state index in [1.165, 1.54) is 12.1 Å². The molecule has 0 unspecified atom stereocenters. The molecule has 0 radical (unpaired) electrons. The molecule has 0 aliphatic carbocycles. The highest BCUT2D eigenvalue weighted by Crippen LogP contribution is 2.39. The van der Waals surface area contributed by atoms with Gasteiger partial charge in [0.2, 0.25) is 0 Å². The van der Waals surface area contributed by atoms with Crippen LogP contribution in [0, 0.1) is 3.57 Å². The molecule has 0 atom stereocenters. The summed E-state index contributed by atoms with van der Waals surface area (Å²) in [5, 5.41) is 0. The smallest absolute Gasteiger partial charge is 0.419 e. The number of ether oxygens (including phenoxy) is 1. The molecule has 2 aromatic rings. The van der Waals surface area contributed by atoms with Crippen LogP contribution in [0.25, 0.3) is 0 Å². The Hall–Kier alpha value is -0.950. The van der Waals surface area contributed by atoms with Gasteiger partial charge < -0.3 is 4.74 Å². The first-order chi connectivity index (χ1) is 9.41. The SMILES string of the molecule is FC(F)(F)c1cc(CCl)ccc1Oc1ccccc1I. The molecule has 0 aliphatic heterocycles. The molecule has 0 aliphatic rings. The highest BCUT2D eigenvalue weighted by Gasteiger charge is 2.35. The molecule has 0 spiro atoms. The standard InChI is InChI=1S/C14H9ClF3IO/c15-8-9-5-6-12(10(7-9)14(16,17)18)20-13-4-2-1-3-11(13)19/h1-7H,8H2. The monoisotopic (exact) mass is 412 g/mol. The van der Waals surface area contributed by atoms with E-state index in [-0.39, 0.29) is 11.6 Å². The molecule has 0 N–H and O–H groups in total. The fraction of sp³-hybridized carbons (Fsp3) is 0.143. The van der Waals surface area contributed by atoms with E-state index in [2.05, 4.69) is 0 Å². The average molecular weight is 413 g/mol. The fourth-order valence-electron chi connectivity index (χ4n) is 1.62. The van der Waals surface area contributed by atoms with Gasteiger partial charge >= 0.3 is 6.18 Å². The van der Waals surface area contributed by atoms with Crippen LogP contribution in [0.15, 0.2) is 42.5 Å². The lowest BCUT2D eigenvalue weighted by Gasteiger charge is -2.15. The maximum absolute atomic E-state index is 13.0. The van der Waals surface area contributed by atoms with Crippen molar-refractivity contribution in [3.05, 3.63) is 57.2 Å². The molecule has 0 amide bonds. The van der Waals surface area contributed by atoms with Gasteiger partial charge in [0.25, 0.3) is 0 Å². The number of rotatable bonds is 3. The number of halogens is 5. The summed E-state index contributed by atoms with van der Waals surface area (Å²) in [6, 6.07) is 10.7. The number of benzene rings is 2. The first-order valence-electron chi connectivity index (χ1n) is 5.60. The van der Waals surface area contributed by atoms with E-state index in [9.17, 15) is 13.2 Å². The van der Waals surface area contributed by atoms with Gasteiger partial charge in [0, 0.05) is 5.88 Å². The number of hydrogen-bond acceptors (Lipinski definition) is 1. The lowest BCUT2D eigenvalue weighted by molar-refractivity contribution is -0.138. The van der Waals surface area contributed by atoms with Crippen molar-refractivity contribution in [1.82, 2.24) is 0 Å². The van der Waals surface area contributed by atoms with Crippen LogP contribution in [0.1, 0.15) is 11.1 Å². The summed E-state index contributed by atoms with van der Waals surface area (Å²) >= 11 is 7.58. The molecule has 2 rings (SSSR count). The normalized spacial score (nSPS) is 11.4. The molecule has 2 aromatic carbocycles. The van der Waals surface area contributed by atoms with Crippen molar-refractivity contribution in [2.45, 2.75) is 12.1 Å². The van der Waals surface area contributed by atoms with Crippen molar-refractivity contribution in [1.29, 1.82) is 0 Å².